The Hall–Kier alpha value is -1.13. The zero-order valence-corrected chi connectivity index (χ0v) is 13.4. The van der Waals surface area contributed by atoms with Crippen molar-refractivity contribution in [3.8, 4) is 0 Å². The van der Waals surface area contributed by atoms with Crippen LogP contribution in [-0.2, 0) is 4.74 Å². The van der Waals surface area contributed by atoms with Crippen LogP contribution >= 0.6 is 0 Å². The fourth-order valence-corrected chi connectivity index (χ4v) is 2.96. The normalized spacial score (nSPS) is 22.5. The van der Waals surface area contributed by atoms with Crippen molar-refractivity contribution in [2.75, 3.05) is 38.3 Å². The zero-order valence-electron chi connectivity index (χ0n) is 13.4. The topological polar surface area (TPSA) is 24.5 Å². The summed E-state index contributed by atoms with van der Waals surface area (Å²) in [6, 6.07) is 7.25. The molecule has 0 aliphatic carbocycles. The minimum atomic E-state index is -0.186. The lowest BCUT2D eigenvalue weighted by molar-refractivity contribution is -0.00359. The minimum Gasteiger partial charge on any atom is -0.381 e. The number of benzene rings is 1. The van der Waals surface area contributed by atoms with Crippen molar-refractivity contribution >= 4 is 5.69 Å². The fraction of sp³-hybridized carbons (Fsp3) is 0.647. The third-order valence-corrected chi connectivity index (χ3v) is 4.11. The second-order valence-electron chi connectivity index (χ2n) is 6.53. The van der Waals surface area contributed by atoms with Gasteiger partial charge in [0.15, 0.2) is 0 Å². The van der Waals surface area contributed by atoms with Gasteiger partial charge in [-0.15, -0.1) is 0 Å². The van der Waals surface area contributed by atoms with Crippen molar-refractivity contribution in [3.05, 3.63) is 30.1 Å². The fourth-order valence-electron chi connectivity index (χ4n) is 2.96. The van der Waals surface area contributed by atoms with Gasteiger partial charge in [0.2, 0.25) is 0 Å². The Morgan fingerprint density at radius 1 is 1.43 bits per heavy atom. The largest absolute Gasteiger partial charge is 0.381 e. The van der Waals surface area contributed by atoms with E-state index in [0.717, 1.165) is 44.8 Å². The first-order valence-corrected chi connectivity index (χ1v) is 7.79. The van der Waals surface area contributed by atoms with Crippen LogP contribution in [0.1, 0.15) is 26.7 Å². The third kappa shape index (κ3) is 4.68. The molecule has 0 spiro atoms. The quantitative estimate of drug-likeness (QED) is 0.872. The molecule has 1 saturated heterocycles. The summed E-state index contributed by atoms with van der Waals surface area (Å²) in [5.41, 5.74) is 1.02. The number of ether oxygens (including phenoxy) is 1. The molecule has 1 aromatic rings. The molecule has 0 amide bonds. The van der Waals surface area contributed by atoms with Crippen LogP contribution in [0.5, 0.6) is 0 Å². The lowest BCUT2D eigenvalue weighted by Crippen LogP contribution is -2.49. The van der Waals surface area contributed by atoms with Gasteiger partial charge in [-0.2, -0.15) is 0 Å². The maximum absolute atomic E-state index is 13.4. The summed E-state index contributed by atoms with van der Waals surface area (Å²) in [5.74, 6) is -0.186. The van der Waals surface area contributed by atoms with Gasteiger partial charge in [-0.1, -0.05) is 19.9 Å². The molecule has 1 unspecified atom stereocenters. The lowest BCUT2D eigenvalue weighted by Gasteiger charge is -2.41. The average molecular weight is 294 g/mol. The van der Waals surface area contributed by atoms with E-state index in [4.69, 9.17) is 4.74 Å². The summed E-state index contributed by atoms with van der Waals surface area (Å²) in [4.78, 5) is 2.14. The van der Waals surface area contributed by atoms with Crippen molar-refractivity contribution in [1.82, 2.24) is 5.32 Å². The molecular weight excluding hydrogens is 267 g/mol. The predicted molar refractivity (Wildman–Crippen MR) is 85.3 cm³/mol. The first kappa shape index (κ1) is 16.2. The highest BCUT2D eigenvalue weighted by atomic mass is 19.1. The van der Waals surface area contributed by atoms with Crippen molar-refractivity contribution in [1.29, 1.82) is 0 Å². The van der Waals surface area contributed by atoms with Gasteiger partial charge >= 0.3 is 0 Å². The highest BCUT2D eigenvalue weighted by molar-refractivity contribution is 5.45. The van der Waals surface area contributed by atoms with E-state index in [1.54, 1.807) is 12.1 Å². The van der Waals surface area contributed by atoms with Crippen LogP contribution in [0.25, 0.3) is 0 Å². The van der Waals surface area contributed by atoms with E-state index in [1.807, 2.05) is 13.1 Å². The Morgan fingerprint density at radius 2 is 2.24 bits per heavy atom. The Kier molecular flexibility index (Phi) is 5.59. The monoisotopic (exact) mass is 294 g/mol. The Bertz CT molecular complexity index is 444. The number of hydrogen-bond acceptors (Lipinski definition) is 3. The van der Waals surface area contributed by atoms with Crippen LogP contribution in [-0.4, -0.2) is 39.4 Å². The van der Waals surface area contributed by atoms with Gasteiger partial charge in [0.1, 0.15) is 5.82 Å². The van der Waals surface area contributed by atoms with E-state index in [0.29, 0.717) is 6.04 Å². The van der Waals surface area contributed by atoms with E-state index < -0.39 is 0 Å². The summed E-state index contributed by atoms with van der Waals surface area (Å²) < 4.78 is 19.1. The van der Waals surface area contributed by atoms with Crippen LogP contribution in [0.3, 0.4) is 0 Å². The van der Waals surface area contributed by atoms with Crippen molar-refractivity contribution in [2.45, 2.75) is 32.7 Å². The molecule has 3 nitrogen and oxygen atoms in total. The SMILES string of the molecule is CC(C)NCC1(CN(C)c2cccc(F)c2)CCCOC1. The molecule has 0 radical (unpaired) electrons. The minimum absolute atomic E-state index is 0.101. The molecule has 21 heavy (non-hydrogen) atoms. The van der Waals surface area contributed by atoms with Crippen LogP contribution in [0.15, 0.2) is 24.3 Å². The second-order valence-corrected chi connectivity index (χ2v) is 6.53. The Labute approximate surface area is 127 Å². The van der Waals surface area contributed by atoms with E-state index in [2.05, 4.69) is 24.1 Å². The molecule has 1 aromatic carbocycles. The van der Waals surface area contributed by atoms with Crippen LogP contribution in [0.4, 0.5) is 10.1 Å². The van der Waals surface area contributed by atoms with Crippen LogP contribution in [0, 0.1) is 11.2 Å². The van der Waals surface area contributed by atoms with Gasteiger partial charge in [0, 0.05) is 43.9 Å². The molecule has 0 aromatic heterocycles. The van der Waals surface area contributed by atoms with Crippen LogP contribution < -0.4 is 10.2 Å². The molecule has 0 saturated carbocycles. The molecule has 1 atom stereocenters. The Morgan fingerprint density at radius 3 is 2.86 bits per heavy atom. The van der Waals surface area contributed by atoms with Gasteiger partial charge in [0.25, 0.3) is 0 Å². The number of hydrogen-bond donors (Lipinski definition) is 1. The van der Waals surface area contributed by atoms with Gasteiger partial charge in [-0.25, -0.2) is 4.39 Å². The zero-order chi connectivity index (χ0) is 15.3. The first-order chi connectivity index (χ1) is 10.0. The maximum atomic E-state index is 13.4. The molecule has 4 heteroatoms. The van der Waals surface area contributed by atoms with Crippen LogP contribution in [0.2, 0.25) is 0 Å². The van der Waals surface area contributed by atoms with E-state index in [1.165, 1.54) is 6.07 Å². The van der Waals surface area contributed by atoms with Gasteiger partial charge in [0.05, 0.1) is 6.61 Å². The van der Waals surface area contributed by atoms with Crippen molar-refractivity contribution in [3.63, 3.8) is 0 Å². The number of halogens is 1. The molecule has 0 bridgehead atoms. The maximum Gasteiger partial charge on any atom is 0.125 e. The van der Waals surface area contributed by atoms with Gasteiger partial charge < -0.3 is 15.0 Å². The standard InChI is InChI=1S/C17H27FN2O/c1-14(2)19-11-17(8-5-9-21-13-17)12-20(3)16-7-4-6-15(18)10-16/h4,6-7,10,14,19H,5,8-9,11-13H2,1-3H3. The summed E-state index contributed by atoms with van der Waals surface area (Å²) in [5, 5.41) is 3.54. The highest BCUT2D eigenvalue weighted by Gasteiger charge is 2.34. The summed E-state index contributed by atoms with van der Waals surface area (Å²) in [6.07, 6.45) is 2.24. The predicted octanol–water partition coefficient (Wildman–Crippen LogP) is 3.06. The molecule has 1 N–H and O–H groups in total. The molecule has 1 heterocycles. The van der Waals surface area contributed by atoms with Gasteiger partial charge in [-0.05, 0) is 31.0 Å². The summed E-state index contributed by atoms with van der Waals surface area (Å²) in [6.45, 7) is 7.75. The van der Waals surface area contributed by atoms with E-state index in [-0.39, 0.29) is 11.2 Å². The Balaban J connectivity index is 2.06. The number of rotatable bonds is 6. The second kappa shape index (κ2) is 7.23. The molecule has 2 rings (SSSR count). The summed E-state index contributed by atoms with van der Waals surface area (Å²) in [7, 11) is 2.03. The lowest BCUT2D eigenvalue weighted by atomic mass is 9.81. The molecular formula is C17H27FN2O. The highest BCUT2D eigenvalue weighted by Crippen LogP contribution is 2.30. The van der Waals surface area contributed by atoms with E-state index in [9.17, 15) is 4.39 Å². The number of nitrogens with one attached hydrogen (secondary N) is 1. The third-order valence-electron chi connectivity index (χ3n) is 4.11. The molecule has 1 aliphatic rings. The molecule has 1 aliphatic heterocycles. The van der Waals surface area contributed by atoms with E-state index >= 15 is 0 Å². The number of anilines is 1. The van der Waals surface area contributed by atoms with Crippen molar-refractivity contribution in [2.24, 2.45) is 5.41 Å². The molecule has 118 valence electrons. The van der Waals surface area contributed by atoms with Crippen molar-refractivity contribution < 1.29 is 9.13 Å². The average Bonchev–Trinajstić information content (AvgIpc) is 2.46. The smallest absolute Gasteiger partial charge is 0.125 e. The number of nitrogens with zero attached hydrogens (tertiary/aromatic N) is 1. The first-order valence-electron chi connectivity index (χ1n) is 7.79. The van der Waals surface area contributed by atoms with Gasteiger partial charge in [-0.3, -0.25) is 0 Å². The molecule has 1 fully saturated rings. The summed E-state index contributed by atoms with van der Waals surface area (Å²) >= 11 is 0.